The maximum atomic E-state index is 12.2. The Bertz CT molecular complexity index is 891. The predicted molar refractivity (Wildman–Crippen MR) is 132 cm³/mol. The van der Waals surface area contributed by atoms with E-state index < -0.39 is 23.7 Å². The van der Waals surface area contributed by atoms with Gasteiger partial charge in [-0.25, -0.2) is 4.79 Å². The van der Waals surface area contributed by atoms with Crippen molar-refractivity contribution in [2.45, 2.75) is 75.1 Å². The Morgan fingerprint density at radius 2 is 1.81 bits per heavy atom. The summed E-state index contributed by atoms with van der Waals surface area (Å²) in [6.45, 7) is 0.404. The van der Waals surface area contributed by atoms with Crippen molar-refractivity contribution in [1.82, 2.24) is 20.9 Å². The van der Waals surface area contributed by atoms with Crippen LogP contribution in [0.15, 0.2) is 12.2 Å². The lowest BCUT2D eigenvalue weighted by Gasteiger charge is -2.16. The number of hydrogen-bond donors (Lipinski definition) is 4. The van der Waals surface area contributed by atoms with Gasteiger partial charge in [-0.05, 0) is 25.7 Å². The summed E-state index contributed by atoms with van der Waals surface area (Å²) in [7, 11) is 0. The van der Waals surface area contributed by atoms with Crippen molar-refractivity contribution in [2.75, 3.05) is 18.8 Å². The average molecular weight is 523 g/mol. The Kier molecular flexibility index (Phi) is 10.3. The van der Waals surface area contributed by atoms with Gasteiger partial charge in [-0.2, -0.15) is 11.8 Å². The van der Waals surface area contributed by atoms with Gasteiger partial charge in [-0.3, -0.25) is 28.9 Å². The number of carboxylic acids is 1. The molecule has 5 amide bonds. The summed E-state index contributed by atoms with van der Waals surface area (Å²) >= 11 is 1.86. The molecule has 0 aromatic rings. The summed E-state index contributed by atoms with van der Waals surface area (Å²) in [4.78, 5) is 71.2. The minimum absolute atomic E-state index is 0.0340. The molecule has 0 aromatic carbocycles. The smallest absolute Gasteiger partial charge is 0.315 e. The first-order valence-corrected chi connectivity index (χ1v) is 13.5. The number of amides is 5. The Balaban J connectivity index is 1.21. The van der Waals surface area contributed by atoms with Crippen molar-refractivity contribution in [2.24, 2.45) is 5.92 Å². The number of hydrogen-bond acceptors (Lipinski definition) is 7. The van der Waals surface area contributed by atoms with Crippen LogP contribution in [0.1, 0.15) is 57.8 Å². The van der Waals surface area contributed by atoms with Crippen molar-refractivity contribution in [1.29, 1.82) is 0 Å². The fourth-order valence-electron chi connectivity index (χ4n) is 4.68. The highest BCUT2D eigenvalue weighted by Gasteiger charge is 2.42. The fourth-order valence-corrected chi connectivity index (χ4v) is 6.23. The molecule has 3 heterocycles. The first-order valence-electron chi connectivity index (χ1n) is 12.5. The number of Topliss-reactive ketones (excluding diaryl/α,β-unsaturated/α-hetero) is 1. The lowest BCUT2D eigenvalue weighted by atomic mass is 9.95. The molecule has 11 nitrogen and oxygen atoms in total. The summed E-state index contributed by atoms with van der Waals surface area (Å²) in [5, 5.41) is 18.5. The quantitative estimate of drug-likeness (QED) is 0.132. The molecule has 4 atom stereocenters. The van der Waals surface area contributed by atoms with Crippen molar-refractivity contribution in [3.63, 3.8) is 0 Å². The molecule has 2 saturated heterocycles. The highest BCUT2D eigenvalue weighted by atomic mass is 32.2. The van der Waals surface area contributed by atoms with E-state index in [4.69, 9.17) is 0 Å². The molecule has 0 radical (unpaired) electrons. The van der Waals surface area contributed by atoms with E-state index in [1.165, 1.54) is 0 Å². The number of unbranched alkanes of at least 4 members (excludes halogenated alkanes) is 2. The molecule has 4 N–H and O–H groups in total. The van der Waals surface area contributed by atoms with Crippen LogP contribution < -0.4 is 16.0 Å². The van der Waals surface area contributed by atoms with Crippen LogP contribution in [0.25, 0.3) is 0 Å². The molecule has 2 unspecified atom stereocenters. The molecule has 12 heteroatoms. The number of carbonyl (C=O) groups excluding carboxylic acids is 5. The van der Waals surface area contributed by atoms with E-state index in [0.717, 1.165) is 42.1 Å². The molecular weight excluding hydrogens is 488 g/mol. The van der Waals surface area contributed by atoms with Crippen LogP contribution in [-0.2, 0) is 24.0 Å². The van der Waals surface area contributed by atoms with Crippen molar-refractivity contribution in [3.8, 4) is 0 Å². The minimum Gasteiger partial charge on any atom is -0.481 e. The maximum Gasteiger partial charge on any atom is 0.315 e. The van der Waals surface area contributed by atoms with E-state index in [9.17, 15) is 33.9 Å². The molecule has 3 rings (SSSR count). The van der Waals surface area contributed by atoms with Gasteiger partial charge in [0.05, 0.1) is 18.0 Å². The lowest BCUT2D eigenvalue weighted by molar-refractivity contribution is -0.144. The third-order valence-corrected chi connectivity index (χ3v) is 8.23. The summed E-state index contributed by atoms with van der Waals surface area (Å²) in [5.74, 6) is -2.23. The summed E-state index contributed by atoms with van der Waals surface area (Å²) in [5.41, 5.74) is 0. The zero-order valence-corrected chi connectivity index (χ0v) is 21.0. The molecule has 198 valence electrons. The number of carboxylic acid groups (broad SMARTS) is 1. The number of ketones is 1. The van der Waals surface area contributed by atoms with Crippen molar-refractivity contribution in [3.05, 3.63) is 12.2 Å². The molecular formula is C24H34N4O7S. The van der Waals surface area contributed by atoms with E-state index >= 15 is 0 Å². The SMILES string of the molecule is O=C(CCN1C(=O)C=CC1=O)CC(CCCCNC(=O)CCCCC1SC[C@@H]2NC(=O)N[C@H]12)C(=O)O. The van der Waals surface area contributed by atoms with Gasteiger partial charge in [0.15, 0.2) is 0 Å². The second-order valence-corrected chi connectivity index (χ2v) is 10.7. The van der Waals surface area contributed by atoms with Crippen LogP contribution in [0.2, 0.25) is 0 Å². The van der Waals surface area contributed by atoms with Gasteiger partial charge in [0, 0.05) is 55.5 Å². The number of aliphatic carboxylic acids is 1. The highest BCUT2D eigenvalue weighted by Crippen LogP contribution is 2.33. The second-order valence-electron chi connectivity index (χ2n) is 9.40. The average Bonchev–Trinajstić information content (AvgIpc) is 3.48. The van der Waals surface area contributed by atoms with Gasteiger partial charge >= 0.3 is 12.0 Å². The monoisotopic (exact) mass is 522 g/mol. The minimum atomic E-state index is -1.05. The van der Waals surface area contributed by atoms with Gasteiger partial charge in [0.1, 0.15) is 5.78 Å². The topological polar surface area (TPSA) is 162 Å². The van der Waals surface area contributed by atoms with Crippen LogP contribution in [0.4, 0.5) is 4.79 Å². The first kappa shape index (κ1) is 27.7. The van der Waals surface area contributed by atoms with Crippen LogP contribution in [-0.4, -0.2) is 81.7 Å². The third-order valence-electron chi connectivity index (χ3n) is 6.72. The molecule has 36 heavy (non-hydrogen) atoms. The predicted octanol–water partition coefficient (Wildman–Crippen LogP) is 0.974. The Hall–Kier alpha value is -2.89. The van der Waals surface area contributed by atoms with Crippen molar-refractivity contribution >= 4 is 47.3 Å². The zero-order chi connectivity index (χ0) is 26.1. The van der Waals surface area contributed by atoms with E-state index in [1.54, 1.807) is 0 Å². The molecule has 3 aliphatic rings. The van der Waals surface area contributed by atoms with Crippen LogP contribution in [0.3, 0.4) is 0 Å². The van der Waals surface area contributed by atoms with Gasteiger partial charge in [-0.1, -0.05) is 12.8 Å². The number of carbonyl (C=O) groups is 6. The molecule has 0 aromatic heterocycles. The number of urea groups is 1. The van der Waals surface area contributed by atoms with Gasteiger partial charge in [-0.15, -0.1) is 0 Å². The summed E-state index contributed by atoms with van der Waals surface area (Å²) in [6, 6.07) is 0.289. The summed E-state index contributed by atoms with van der Waals surface area (Å²) < 4.78 is 0. The van der Waals surface area contributed by atoms with E-state index in [1.807, 2.05) is 11.8 Å². The molecule has 3 aliphatic heterocycles. The maximum absolute atomic E-state index is 12.2. The van der Waals surface area contributed by atoms with E-state index in [2.05, 4.69) is 16.0 Å². The van der Waals surface area contributed by atoms with Crippen molar-refractivity contribution < 1.29 is 33.9 Å². The van der Waals surface area contributed by atoms with Crippen LogP contribution >= 0.6 is 11.8 Å². The van der Waals surface area contributed by atoms with Crippen LogP contribution in [0.5, 0.6) is 0 Å². The standard InChI is InChI=1S/C24H34N4O7S/c29-16(10-12-28-20(31)8-9-21(28)32)13-15(23(33)34)5-3-4-11-25-19(30)7-2-1-6-18-22-17(14-36-18)26-24(35)27-22/h8-9,15,17-18,22H,1-7,10-14H2,(H,25,30)(H,33,34)(H2,26,27,35)/t15?,17-,18?,22-/m0/s1. The van der Waals surface area contributed by atoms with E-state index in [-0.39, 0.29) is 49.2 Å². The number of thioether (sulfide) groups is 1. The number of imide groups is 1. The largest absolute Gasteiger partial charge is 0.481 e. The van der Waals surface area contributed by atoms with Crippen LogP contribution in [0, 0.1) is 5.92 Å². The second kappa shape index (κ2) is 13.4. The number of rotatable bonds is 16. The molecule has 0 spiro atoms. The first-order chi connectivity index (χ1) is 17.2. The number of nitrogens with one attached hydrogen (secondary N) is 3. The summed E-state index contributed by atoms with van der Waals surface area (Å²) in [6.07, 6.45) is 6.63. The Morgan fingerprint density at radius 1 is 1.06 bits per heavy atom. The number of fused-ring (bicyclic) bond motifs is 1. The highest BCUT2D eigenvalue weighted by molar-refractivity contribution is 8.00. The Labute approximate surface area is 214 Å². The number of nitrogens with zero attached hydrogens (tertiary/aromatic N) is 1. The van der Waals surface area contributed by atoms with Gasteiger partial charge in [0.25, 0.3) is 11.8 Å². The zero-order valence-electron chi connectivity index (χ0n) is 20.2. The van der Waals surface area contributed by atoms with Gasteiger partial charge < -0.3 is 21.1 Å². The van der Waals surface area contributed by atoms with Gasteiger partial charge in [0.2, 0.25) is 5.91 Å². The molecule has 2 fully saturated rings. The normalized spacial score (nSPS) is 23.4. The molecule has 0 saturated carbocycles. The molecule has 0 bridgehead atoms. The lowest BCUT2D eigenvalue weighted by Crippen LogP contribution is -2.36. The fraction of sp³-hybridized carbons (Fsp3) is 0.667. The molecule has 0 aliphatic carbocycles. The Morgan fingerprint density at radius 3 is 2.53 bits per heavy atom. The van der Waals surface area contributed by atoms with E-state index in [0.29, 0.717) is 37.5 Å². The third kappa shape index (κ3) is 8.07.